The maximum atomic E-state index is 13.7. The Morgan fingerprint density at radius 3 is 1.79 bits per heavy atom. The maximum absolute atomic E-state index is 13.7. The van der Waals surface area contributed by atoms with Crippen molar-refractivity contribution in [2.45, 2.75) is 52.5 Å². The molecule has 0 aliphatic carbocycles. The number of halogens is 1. The number of allylic oxidation sites excluding steroid dienone is 1. The second kappa shape index (κ2) is 12.5. The fourth-order valence-electron chi connectivity index (χ4n) is 4.45. The highest BCUT2D eigenvalue weighted by atomic mass is 19.1. The Kier molecular flexibility index (Phi) is 9.47. The molecule has 3 aromatic rings. The summed E-state index contributed by atoms with van der Waals surface area (Å²) in [4.78, 5) is 1.88. The highest BCUT2D eigenvalue weighted by Gasteiger charge is 2.27. The fraction of sp³-hybridized carbons (Fsp3) is 0.355. The molecule has 0 aromatic heterocycles. The highest BCUT2D eigenvalue weighted by Crippen LogP contribution is 2.35. The molecule has 0 saturated heterocycles. The molecule has 3 rings (SSSR count). The molecule has 0 unspecified atom stereocenters. The van der Waals surface area contributed by atoms with E-state index in [2.05, 4.69) is 100 Å². The van der Waals surface area contributed by atoms with Crippen LogP contribution in [0.1, 0.15) is 63.6 Å². The molecule has 0 amide bonds. The van der Waals surface area contributed by atoms with Crippen molar-refractivity contribution in [1.29, 1.82) is 0 Å². The van der Waals surface area contributed by atoms with Crippen LogP contribution >= 0.6 is 0 Å². The van der Waals surface area contributed by atoms with Crippen LogP contribution < -0.4 is 4.74 Å². The minimum Gasteiger partial charge on any atom is -0.492 e. The lowest BCUT2D eigenvalue weighted by molar-refractivity contribution is 0.0376. The zero-order valence-electron chi connectivity index (χ0n) is 21.1. The van der Waals surface area contributed by atoms with Gasteiger partial charge in [0.25, 0.3) is 0 Å². The molecule has 0 aliphatic heterocycles. The second-order valence-corrected chi connectivity index (χ2v) is 8.90. The molecule has 34 heavy (non-hydrogen) atoms. The first kappa shape index (κ1) is 25.7. The van der Waals surface area contributed by atoms with E-state index in [9.17, 15) is 4.39 Å². The maximum Gasteiger partial charge on any atom is 0.143 e. The summed E-state index contributed by atoms with van der Waals surface area (Å²) < 4.78 is 19.7. The smallest absolute Gasteiger partial charge is 0.143 e. The van der Waals surface area contributed by atoms with Crippen LogP contribution in [0.15, 0.2) is 84.9 Å². The molecular formula is C31H38FNO. The molecule has 0 N–H and O–H groups in total. The zero-order valence-corrected chi connectivity index (χ0v) is 21.1. The average molecular weight is 460 g/mol. The summed E-state index contributed by atoms with van der Waals surface area (Å²) in [6.45, 7) is 9.14. The van der Waals surface area contributed by atoms with E-state index in [0.717, 1.165) is 30.6 Å². The van der Waals surface area contributed by atoms with Gasteiger partial charge in [-0.2, -0.15) is 0 Å². The number of benzene rings is 3. The minimum atomic E-state index is -0.453. The van der Waals surface area contributed by atoms with Gasteiger partial charge in [0.1, 0.15) is 19.2 Å². The average Bonchev–Trinajstić information content (AvgIpc) is 2.90. The van der Waals surface area contributed by atoms with Gasteiger partial charge in [-0.3, -0.25) is 4.90 Å². The van der Waals surface area contributed by atoms with E-state index in [1.807, 2.05) is 17.0 Å². The van der Waals surface area contributed by atoms with Crippen LogP contribution in [0.2, 0.25) is 0 Å². The predicted molar refractivity (Wildman–Crippen MR) is 143 cm³/mol. The summed E-state index contributed by atoms with van der Waals surface area (Å²) >= 11 is 0. The van der Waals surface area contributed by atoms with Crippen molar-refractivity contribution in [3.05, 3.63) is 102 Å². The normalized spacial score (nSPS) is 12.5. The van der Waals surface area contributed by atoms with Crippen LogP contribution in [-0.4, -0.2) is 30.4 Å². The van der Waals surface area contributed by atoms with Crippen LogP contribution in [0, 0.1) is 0 Å². The lowest BCUT2D eigenvalue weighted by atomic mass is 9.88. The summed E-state index contributed by atoms with van der Waals surface area (Å²) in [5.74, 6) is 0.808. The summed E-state index contributed by atoms with van der Waals surface area (Å²) in [7, 11) is 0. The summed E-state index contributed by atoms with van der Waals surface area (Å²) in [6.07, 6.45) is 2.76. The van der Waals surface area contributed by atoms with Gasteiger partial charge in [-0.15, -0.1) is 0 Å². The lowest BCUT2D eigenvalue weighted by Gasteiger charge is -2.38. The van der Waals surface area contributed by atoms with Crippen LogP contribution in [0.5, 0.6) is 5.75 Å². The van der Waals surface area contributed by atoms with Crippen molar-refractivity contribution in [2.24, 2.45) is 0 Å². The molecule has 180 valence electrons. The fourth-order valence-corrected chi connectivity index (χ4v) is 4.45. The van der Waals surface area contributed by atoms with Crippen LogP contribution in [0.4, 0.5) is 4.39 Å². The van der Waals surface area contributed by atoms with Crippen molar-refractivity contribution in [3.63, 3.8) is 0 Å². The largest absolute Gasteiger partial charge is 0.492 e. The topological polar surface area (TPSA) is 12.5 Å². The molecular weight excluding hydrogens is 421 g/mol. The van der Waals surface area contributed by atoms with E-state index < -0.39 is 6.80 Å². The number of rotatable bonds is 12. The number of nitrogens with zero attached hydrogens (tertiary/aromatic N) is 1. The number of hydrogen-bond donors (Lipinski definition) is 0. The van der Waals surface area contributed by atoms with E-state index in [1.165, 1.54) is 22.3 Å². The quantitative estimate of drug-likeness (QED) is 0.200. The molecule has 0 bridgehead atoms. The number of hydrogen-bond acceptors (Lipinski definition) is 2. The Bertz CT molecular complexity index is 1020. The molecule has 0 heterocycles. The lowest BCUT2D eigenvalue weighted by Crippen LogP contribution is -2.46. The van der Waals surface area contributed by atoms with Crippen molar-refractivity contribution >= 4 is 11.1 Å². The number of ether oxygens (including phenoxy) is 1. The van der Waals surface area contributed by atoms with Crippen LogP contribution in [0.25, 0.3) is 11.1 Å². The molecule has 3 heteroatoms. The Labute approximate surface area is 205 Å². The van der Waals surface area contributed by atoms with Crippen LogP contribution in [0.3, 0.4) is 0 Å². The summed E-state index contributed by atoms with van der Waals surface area (Å²) in [5.41, 5.74) is 6.03. The standard InChI is InChI=1S/C31H38FNO/c1-5-29(25-14-10-8-11-15-25)30(26-16-12-9-13-17-26)27-18-20-28(21-19-27)34-23-22-33(24-32)31(4,6-2)7-3/h8-21H,5-7,22-24H2,1-4H3/b30-29-. The van der Waals surface area contributed by atoms with Gasteiger partial charge in [-0.1, -0.05) is 93.6 Å². The van der Waals surface area contributed by atoms with Gasteiger partial charge in [0, 0.05) is 12.1 Å². The van der Waals surface area contributed by atoms with Gasteiger partial charge in [-0.05, 0) is 66.2 Å². The van der Waals surface area contributed by atoms with E-state index in [4.69, 9.17) is 4.74 Å². The predicted octanol–water partition coefficient (Wildman–Crippen LogP) is 8.24. The summed E-state index contributed by atoms with van der Waals surface area (Å²) in [6, 6.07) is 29.5. The van der Waals surface area contributed by atoms with Gasteiger partial charge < -0.3 is 4.74 Å². The minimum absolute atomic E-state index is 0.134. The van der Waals surface area contributed by atoms with Gasteiger partial charge in [0.2, 0.25) is 0 Å². The third kappa shape index (κ3) is 6.15. The number of alkyl halides is 1. The Balaban J connectivity index is 1.83. The first-order chi connectivity index (χ1) is 16.6. The highest BCUT2D eigenvalue weighted by molar-refractivity contribution is 5.98. The molecule has 0 spiro atoms. The molecule has 0 radical (unpaired) electrons. The van der Waals surface area contributed by atoms with E-state index in [1.54, 1.807) is 0 Å². The Morgan fingerprint density at radius 2 is 1.29 bits per heavy atom. The van der Waals surface area contributed by atoms with Crippen molar-refractivity contribution < 1.29 is 9.13 Å². The van der Waals surface area contributed by atoms with Gasteiger partial charge >= 0.3 is 0 Å². The first-order valence-corrected chi connectivity index (χ1v) is 12.4. The molecule has 3 aromatic carbocycles. The molecule has 0 fully saturated rings. The van der Waals surface area contributed by atoms with Gasteiger partial charge in [0.05, 0.1) is 0 Å². The Morgan fingerprint density at radius 1 is 0.765 bits per heavy atom. The molecule has 0 atom stereocenters. The SMILES string of the molecule is CC/C(=C(\c1ccccc1)c1ccc(OCCN(CF)C(C)(CC)CC)cc1)c1ccccc1. The van der Waals surface area contributed by atoms with Crippen molar-refractivity contribution in [1.82, 2.24) is 4.90 Å². The van der Waals surface area contributed by atoms with E-state index in [-0.39, 0.29) is 5.54 Å². The monoisotopic (exact) mass is 459 g/mol. The van der Waals surface area contributed by atoms with Crippen molar-refractivity contribution in [2.75, 3.05) is 20.0 Å². The molecule has 2 nitrogen and oxygen atoms in total. The molecule has 0 saturated carbocycles. The van der Waals surface area contributed by atoms with E-state index in [0.29, 0.717) is 13.2 Å². The van der Waals surface area contributed by atoms with Gasteiger partial charge in [-0.25, -0.2) is 4.39 Å². The van der Waals surface area contributed by atoms with Gasteiger partial charge in [0.15, 0.2) is 0 Å². The van der Waals surface area contributed by atoms with E-state index >= 15 is 0 Å². The van der Waals surface area contributed by atoms with Crippen molar-refractivity contribution in [3.8, 4) is 5.75 Å². The summed E-state index contributed by atoms with van der Waals surface area (Å²) in [5, 5.41) is 0. The molecule has 0 aliphatic rings. The third-order valence-corrected chi connectivity index (χ3v) is 7.04. The van der Waals surface area contributed by atoms with Crippen LogP contribution in [-0.2, 0) is 0 Å². The second-order valence-electron chi connectivity index (χ2n) is 8.90. The third-order valence-electron chi connectivity index (χ3n) is 7.04. The zero-order chi connectivity index (χ0) is 24.4. The Hall–Kier alpha value is -2.91. The first-order valence-electron chi connectivity index (χ1n) is 12.4.